The van der Waals surface area contributed by atoms with Crippen molar-refractivity contribution in [2.24, 2.45) is 10.1 Å². The molecule has 0 spiro atoms. The van der Waals surface area contributed by atoms with Gasteiger partial charge in [0.25, 0.3) is 5.91 Å². The third-order valence-corrected chi connectivity index (χ3v) is 7.84. The van der Waals surface area contributed by atoms with Crippen LogP contribution in [0.4, 0.5) is 0 Å². The maximum Gasteiger partial charge on any atom is 0.283 e. The Morgan fingerprint density at radius 1 is 1.17 bits per heavy atom. The monoisotopic (exact) mass is 528 g/mol. The Bertz CT molecular complexity index is 1370. The van der Waals surface area contributed by atoms with Crippen LogP contribution in [0.15, 0.2) is 39.9 Å². The molecule has 8 nitrogen and oxygen atoms in total. The molecule has 0 unspecified atom stereocenters. The van der Waals surface area contributed by atoms with Gasteiger partial charge in [0, 0.05) is 30.2 Å². The number of aryl methyl sites for hydroxylation is 1. The van der Waals surface area contributed by atoms with Crippen LogP contribution in [-0.2, 0) is 9.59 Å². The van der Waals surface area contributed by atoms with Gasteiger partial charge in [0.1, 0.15) is 5.04 Å². The molecule has 1 N–H and O–H groups in total. The average molecular weight is 529 g/mol. The normalized spacial score (nSPS) is 18.9. The number of carbonyl (C=O) groups excluding carboxylic acids is 2. The molecule has 11 heteroatoms. The number of amidine groups is 2. The number of rotatable bonds is 4. The number of hydrogen-bond donors (Lipinski definition) is 1. The smallest absolute Gasteiger partial charge is 0.283 e. The third kappa shape index (κ3) is 4.44. The number of nitrogens with one attached hydrogen (secondary N) is 1. The van der Waals surface area contributed by atoms with Crippen molar-refractivity contribution >= 4 is 68.9 Å². The molecule has 0 atom stereocenters. The Balaban J connectivity index is 1.42. The highest BCUT2D eigenvalue weighted by Crippen LogP contribution is 2.32. The topological polar surface area (TPSA) is 94.1 Å². The van der Waals surface area contributed by atoms with Crippen molar-refractivity contribution in [1.82, 2.24) is 14.5 Å². The molecule has 0 aliphatic carbocycles. The number of hydrazone groups is 1. The SMILES string of the molecule is Cc1cc(/C=C2/C(=N)N3N=C(CC(=O)N4CCCC4)SC3=NC2=O)c(C)n1-c1ccc(Cl)c(Cl)c1. The largest absolute Gasteiger partial charge is 0.342 e. The van der Waals surface area contributed by atoms with Crippen LogP contribution in [0.1, 0.15) is 36.2 Å². The number of nitrogens with zero attached hydrogens (tertiary/aromatic N) is 5. The summed E-state index contributed by atoms with van der Waals surface area (Å²) in [6.07, 6.45) is 3.84. The van der Waals surface area contributed by atoms with Crippen molar-refractivity contribution in [3.8, 4) is 5.69 Å². The Morgan fingerprint density at radius 2 is 1.91 bits per heavy atom. The number of amides is 2. The molecule has 4 heterocycles. The van der Waals surface area contributed by atoms with Crippen LogP contribution in [0.25, 0.3) is 11.8 Å². The number of likely N-dealkylation sites (tertiary alicyclic amines) is 1. The minimum atomic E-state index is -0.504. The number of aromatic nitrogens is 1. The fraction of sp³-hybridized carbons (Fsp3) is 0.292. The molecule has 180 valence electrons. The van der Waals surface area contributed by atoms with Crippen LogP contribution in [0, 0.1) is 19.3 Å². The fourth-order valence-corrected chi connectivity index (χ4v) is 5.59. The first-order valence-electron chi connectivity index (χ1n) is 11.1. The number of hydrogen-bond acceptors (Lipinski definition) is 5. The summed E-state index contributed by atoms with van der Waals surface area (Å²) in [5.74, 6) is -0.552. The second-order valence-corrected chi connectivity index (χ2v) is 10.4. The highest BCUT2D eigenvalue weighted by atomic mass is 35.5. The molecule has 3 aliphatic rings. The molecule has 1 fully saturated rings. The lowest BCUT2D eigenvalue weighted by atomic mass is 10.1. The summed E-state index contributed by atoms with van der Waals surface area (Å²) in [7, 11) is 0. The van der Waals surface area contributed by atoms with Crippen LogP contribution in [0.3, 0.4) is 0 Å². The molecule has 1 saturated heterocycles. The Hall–Kier alpha value is -2.88. The van der Waals surface area contributed by atoms with Gasteiger partial charge in [0.15, 0.2) is 5.84 Å². The van der Waals surface area contributed by atoms with Gasteiger partial charge in [-0.3, -0.25) is 15.0 Å². The van der Waals surface area contributed by atoms with Crippen LogP contribution in [-0.4, -0.2) is 55.4 Å². The summed E-state index contributed by atoms with van der Waals surface area (Å²) in [5.41, 5.74) is 3.57. The van der Waals surface area contributed by atoms with Gasteiger partial charge in [0.2, 0.25) is 11.1 Å². The minimum Gasteiger partial charge on any atom is -0.342 e. The summed E-state index contributed by atoms with van der Waals surface area (Å²) in [6, 6.07) is 7.33. The standard InChI is InChI=1S/C24H22Cl2N6O2S/c1-13-9-15(14(2)31(13)16-5-6-18(25)19(26)11-16)10-17-22(27)32-24(28-23(17)34)35-20(29-32)12-21(33)30-7-3-4-8-30/h5-6,9-11,27H,3-4,7-8,12H2,1-2H3/b17-10-,27-22?. The Kier molecular flexibility index (Phi) is 6.33. The minimum absolute atomic E-state index is 0.0116. The first-order chi connectivity index (χ1) is 16.7. The number of thioether (sulfide) groups is 1. The molecule has 5 rings (SSSR count). The second-order valence-electron chi connectivity index (χ2n) is 8.54. The zero-order chi connectivity index (χ0) is 24.9. The van der Waals surface area contributed by atoms with E-state index in [1.54, 1.807) is 18.2 Å². The zero-order valence-corrected chi connectivity index (χ0v) is 21.5. The Labute approximate surface area is 216 Å². The molecule has 0 bridgehead atoms. The molecule has 2 aromatic rings. The van der Waals surface area contributed by atoms with E-state index in [4.69, 9.17) is 28.6 Å². The fourth-order valence-electron chi connectivity index (χ4n) is 4.42. The lowest BCUT2D eigenvalue weighted by Crippen LogP contribution is -2.35. The highest BCUT2D eigenvalue weighted by Gasteiger charge is 2.36. The maximum atomic E-state index is 12.8. The van der Waals surface area contributed by atoms with E-state index in [2.05, 4.69) is 10.1 Å². The van der Waals surface area contributed by atoms with E-state index in [0.717, 1.165) is 48.6 Å². The number of halogens is 2. The summed E-state index contributed by atoms with van der Waals surface area (Å²) in [5, 5.41) is 16.2. The number of aliphatic imine (C=N–C) groups is 1. The molecule has 3 aliphatic heterocycles. The van der Waals surface area contributed by atoms with E-state index in [1.807, 2.05) is 35.4 Å². The number of fused-ring (bicyclic) bond motifs is 1. The third-order valence-electron chi connectivity index (χ3n) is 6.19. The van der Waals surface area contributed by atoms with Crippen molar-refractivity contribution in [3.63, 3.8) is 0 Å². The van der Waals surface area contributed by atoms with Gasteiger partial charge in [-0.15, -0.1) is 0 Å². The van der Waals surface area contributed by atoms with E-state index in [9.17, 15) is 9.59 Å². The molecular formula is C24H22Cl2N6O2S. The van der Waals surface area contributed by atoms with Crippen molar-refractivity contribution in [3.05, 3.63) is 56.8 Å². The van der Waals surface area contributed by atoms with Gasteiger partial charge >= 0.3 is 0 Å². The van der Waals surface area contributed by atoms with Gasteiger partial charge in [-0.25, -0.2) is 0 Å². The first kappa shape index (κ1) is 23.8. The number of carbonyl (C=O) groups is 2. The maximum absolute atomic E-state index is 12.8. The predicted octanol–water partition coefficient (Wildman–Crippen LogP) is 5.03. The molecule has 1 aromatic heterocycles. The van der Waals surface area contributed by atoms with Crippen molar-refractivity contribution in [2.45, 2.75) is 33.1 Å². The van der Waals surface area contributed by atoms with E-state index in [1.165, 1.54) is 16.8 Å². The summed E-state index contributed by atoms with van der Waals surface area (Å²) in [4.78, 5) is 31.3. The summed E-state index contributed by atoms with van der Waals surface area (Å²) in [6.45, 7) is 5.42. The van der Waals surface area contributed by atoms with Gasteiger partial charge in [-0.05, 0) is 74.4 Å². The van der Waals surface area contributed by atoms with Crippen LogP contribution in [0.5, 0.6) is 0 Å². The quantitative estimate of drug-likeness (QED) is 0.562. The van der Waals surface area contributed by atoms with Gasteiger partial charge in [-0.1, -0.05) is 23.2 Å². The van der Waals surface area contributed by atoms with Crippen LogP contribution in [0.2, 0.25) is 10.0 Å². The first-order valence-corrected chi connectivity index (χ1v) is 12.7. The van der Waals surface area contributed by atoms with Crippen molar-refractivity contribution < 1.29 is 9.59 Å². The zero-order valence-electron chi connectivity index (χ0n) is 19.1. The summed E-state index contributed by atoms with van der Waals surface area (Å²) >= 11 is 13.4. The molecule has 2 amide bonds. The van der Waals surface area contributed by atoms with E-state index < -0.39 is 5.91 Å². The van der Waals surface area contributed by atoms with Crippen molar-refractivity contribution in [2.75, 3.05) is 13.1 Å². The molecular weight excluding hydrogens is 507 g/mol. The van der Waals surface area contributed by atoms with Gasteiger partial charge < -0.3 is 9.47 Å². The second kappa shape index (κ2) is 9.29. The van der Waals surface area contributed by atoms with Crippen LogP contribution < -0.4 is 0 Å². The van der Waals surface area contributed by atoms with Crippen molar-refractivity contribution in [1.29, 1.82) is 5.41 Å². The van der Waals surface area contributed by atoms with Gasteiger partial charge in [-0.2, -0.15) is 15.1 Å². The van der Waals surface area contributed by atoms with E-state index >= 15 is 0 Å². The molecule has 0 radical (unpaired) electrons. The molecule has 35 heavy (non-hydrogen) atoms. The van der Waals surface area contributed by atoms with E-state index in [0.29, 0.717) is 20.3 Å². The average Bonchev–Trinajstić information content (AvgIpc) is 3.53. The predicted molar refractivity (Wildman–Crippen MR) is 141 cm³/mol. The summed E-state index contributed by atoms with van der Waals surface area (Å²) < 4.78 is 2.01. The Morgan fingerprint density at radius 3 is 2.63 bits per heavy atom. The molecule has 0 saturated carbocycles. The number of benzene rings is 1. The lowest BCUT2D eigenvalue weighted by molar-refractivity contribution is -0.128. The van der Waals surface area contributed by atoms with E-state index in [-0.39, 0.29) is 23.7 Å². The van der Waals surface area contributed by atoms with Crippen LogP contribution >= 0.6 is 35.0 Å². The van der Waals surface area contributed by atoms with Gasteiger partial charge in [0.05, 0.1) is 22.0 Å². The highest BCUT2D eigenvalue weighted by molar-refractivity contribution is 8.27. The molecule has 1 aromatic carbocycles. The lowest BCUT2D eigenvalue weighted by Gasteiger charge is -2.20.